The number of benzene rings is 2. The summed E-state index contributed by atoms with van der Waals surface area (Å²) in [5.74, 6) is 0.947. The first-order chi connectivity index (χ1) is 13.2. The lowest BCUT2D eigenvalue weighted by molar-refractivity contribution is -0.0496. The van der Waals surface area contributed by atoms with Crippen LogP contribution in [0.2, 0.25) is 0 Å². The van der Waals surface area contributed by atoms with Crippen molar-refractivity contribution in [3.8, 4) is 5.75 Å². The van der Waals surface area contributed by atoms with Gasteiger partial charge in [0.1, 0.15) is 5.75 Å². The molecule has 2 aromatic carbocycles. The second-order valence-corrected chi connectivity index (χ2v) is 11.5. The Labute approximate surface area is 164 Å². The number of unbranched alkanes of at least 4 members (excludes halogenated alkanes) is 1. The van der Waals surface area contributed by atoms with Gasteiger partial charge in [-0.05, 0) is 36.1 Å². The standard InChI is InChI=1S/C19H23F3O4S2/c1-2-3-12-25-17-11-10-15-8-4-5-9-16(15)18(17)27(13-6-7-14-27)26-28(23,24)19(20,21)22/h4-5,8-11H,2-3,6-7,12-14H2,1H3. The fourth-order valence-corrected chi connectivity index (χ4v) is 8.87. The van der Waals surface area contributed by atoms with Gasteiger partial charge in [0.05, 0.1) is 11.5 Å². The third kappa shape index (κ3) is 4.11. The minimum absolute atomic E-state index is 0.264. The van der Waals surface area contributed by atoms with Crippen LogP contribution in [-0.4, -0.2) is 32.0 Å². The summed E-state index contributed by atoms with van der Waals surface area (Å²) in [6.07, 6.45) is 2.91. The van der Waals surface area contributed by atoms with E-state index < -0.39 is 25.9 Å². The number of hydrogen-bond donors (Lipinski definition) is 0. The number of rotatable bonds is 7. The summed E-state index contributed by atoms with van der Waals surface area (Å²) >= 11 is 0. The number of hydrogen-bond acceptors (Lipinski definition) is 4. The lowest BCUT2D eigenvalue weighted by Gasteiger charge is -2.36. The Morgan fingerprint density at radius 1 is 1.07 bits per heavy atom. The van der Waals surface area contributed by atoms with Gasteiger partial charge < -0.3 is 4.74 Å². The molecule has 0 bridgehead atoms. The van der Waals surface area contributed by atoms with Crippen LogP contribution in [0, 0.1) is 0 Å². The molecule has 0 aromatic heterocycles. The molecule has 0 aliphatic carbocycles. The molecule has 1 fully saturated rings. The molecular weight excluding hydrogens is 413 g/mol. The molecule has 1 aliphatic heterocycles. The maximum atomic E-state index is 13.1. The zero-order chi connectivity index (χ0) is 20.4. The van der Waals surface area contributed by atoms with E-state index in [4.69, 9.17) is 8.37 Å². The molecule has 9 heteroatoms. The second-order valence-electron chi connectivity index (χ2n) is 6.71. The Balaban J connectivity index is 2.18. The van der Waals surface area contributed by atoms with Crippen molar-refractivity contribution >= 4 is 31.2 Å². The summed E-state index contributed by atoms with van der Waals surface area (Å²) in [6, 6.07) is 10.8. The molecule has 0 spiro atoms. The van der Waals surface area contributed by atoms with Crippen molar-refractivity contribution < 1.29 is 30.0 Å². The van der Waals surface area contributed by atoms with Crippen molar-refractivity contribution in [2.45, 2.75) is 43.0 Å². The maximum Gasteiger partial charge on any atom is 0.523 e. The van der Waals surface area contributed by atoms with E-state index in [0.717, 1.165) is 18.2 Å². The molecule has 0 unspecified atom stereocenters. The molecule has 28 heavy (non-hydrogen) atoms. The van der Waals surface area contributed by atoms with Gasteiger partial charge in [-0.15, -0.1) is 0 Å². The van der Waals surface area contributed by atoms with E-state index >= 15 is 0 Å². The minimum Gasteiger partial charge on any atom is -0.492 e. The third-order valence-corrected chi connectivity index (χ3v) is 10.1. The maximum absolute atomic E-state index is 13.1. The largest absolute Gasteiger partial charge is 0.523 e. The third-order valence-electron chi connectivity index (χ3n) is 4.67. The van der Waals surface area contributed by atoms with Crippen molar-refractivity contribution in [3.63, 3.8) is 0 Å². The SMILES string of the molecule is CCCCOc1ccc2ccccc2c1S1(OS(=O)(=O)C(F)(F)F)CCCC1. The van der Waals surface area contributed by atoms with Crippen molar-refractivity contribution in [3.05, 3.63) is 36.4 Å². The zero-order valence-corrected chi connectivity index (χ0v) is 17.1. The van der Waals surface area contributed by atoms with E-state index in [0.29, 0.717) is 35.5 Å². The molecule has 0 atom stereocenters. The van der Waals surface area contributed by atoms with Crippen molar-refractivity contribution in [1.29, 1.82) is 0 Å². The van der Waals surface area contributed by atoms with Crippen LogP contribution in [0.25, 0.3) is 10.8 Å². The Morgan fingerprint density at radius 3 is 2.39 bits per heavy atom. The van der Waals surface area contributed by atoms with Gasteiger partial charge in [-0.25, -0.2) is 3.63 Å². The van der Waals surface area contributed by atoms with E-state index in [1.165, 1.54) is 0 Å². The molecule has 1 heterocycles. The van der Waals surface area contributed by atoms with Crippen LogP contribution >= 0.6 is 10.3 Å². The monoisotopic (exact) mass is 436 g/mol. The molecule has 2 aromatic rings. The highest BCUT2D eigenvalue weighted by Gasteiger charge is 2.52. The van der Waals surface area contributed by atoms with Crippen LogP contribution in [0.5, 0.6) is 5.75 Å². The molecule has 1 saturated heterocycles. The smallest absolute Gasteiger partial charge is 0.492 e. The zero-order valence-electron chi connectivity index (χ0n) is 15.5. The van der Waals surface area contributed by atoms with Crippen LogP contribution < -0.4 is 4.74 Å². The molecule has 1 aliphatic rings. The molecule has 0 saturated carbocycles. The Kier molecular flexibility index (Phi) is 6.17. The van der Waals surface area contributed by atoms with Crippen molar-refractivity contribution in [1.82, 2.24) is 0 Å². The number of halogens is 3. The van der Waals surface area contributed by atoms with Gasteiger partial charge in [0.15, 0.2) is 0 Å². The van der Waals surface area contributed by atoms with E-state index in [-0.39, 0.29) is 11.5 Å². The van der Waals surface area contributed by atoms with Crippen LogP contribution in [0.3, 0.4) is 0 Å². The fourth-order valence-electron chi connectivity index (χ4n) is 3.34. The van der Waals surface area contributed by atoms with Gasteiger partial charge in [0.25, 0.3) is 0 Å². The Hall–Kier alpha value is -1.45. The topological polar surface area (TPSA) is 52.6 Å². The van der Waals surface area contributed by atoms with Crippen molar-refractivity contribution in [2.24, 2.45) is 0 Å². The summed E-state index contributed by atoms with van der Waals surface area (Å²) in [6.45, 7) is 2.41. The van der Waals surface area contributed by atoms with E-state index in [2.05, 4.69) is 0 Å². The molecular formula is C19H23F3O4S2. The van der Waals surface area contributed by atoms with Gasteiger partial charge in [-0.3, -0.25) is 0 Å². The van der Waals surface area contributed by atoms with Crippen molar-refractivity contribution in [2.75, 3.05) is 18.1 Å². The van der Waals surface area contributed by atoms with Gasteiger partial charge >= 0.3 is 15.6 Å². The molecule has 4 nitrogen and oxygen atoms in total. The van der Waals surface area contributed by atoms with Crippen LogP contribution in [0.15, 0.2) is 41.3 Å². The Bertz CT molecular complexity index is 936. The normalized spacial score (nSPS) is 18.3. The number of alkyl halides is 3. The summed E-state index contributed by atoms with van der Waals surface area (Å²) in [5, 5.41) is 1.50. The predicted octanol–water partition coefficient (Wildman–Crippen LogP) is 5.76. The van der Waals surface area contributed by atoms with E-state index in [1.54, 1.807) is 18.2 Å². The quantitative estimate of drug-likeness (QED) is 0.409. The average Bonchev–Trinajstić information content (AvgIpc) is 3.09. The molecule has 156 valence electrons. The van der Waals surface area contributed by atoms with Gasteiger partial charge in [-0.1, -0.05) is 54.0 Å². The predicted molar refractivity (Wildman–Crippen MR) is 105 cm³/mol. The van der Waals surface area contributed by atoms with Crippen LogP contribution in [0.4, 0.5) is 13.2 Å². The first kappa shape index (κ1) is 21.3. The number of ether oxygens (including phenoxy) is 1. The summed E-state index contributed by atoms with van der Waals surface area (Å²) in [4.78, 5) is 0.479. The minimum atomic E-state index is -5.72. The molecule has 0 amide bonds. The summed E-state index contributed by atoms with van der Waals surface area (Å²) in [5.41, 5.74) is -5.45. The summed E-state index contributed by atoms with van der Waals surface area (Å²) < 4.78 is 74.1. The van der Waals surface area contributed by atoms with E-state index in [1.807, 2.05) is 25.1 Å². The average molecular weight is 437 g/mol. The second kappa shape index (κ2) is 8.12. The molecule has 0 radical (unpaired) electrons. The van der Waals surface area contributed by atoms with Gasteiger partial charge in [-0.2, -0.15) is 21.6 Å². The first-order valence-electron chi connectivity index (χ1n) is 9.16. The van der Waals surface area contributed by atoms with Crippen LogP contribution in [-0.2, 0) is 13.7 Å². The van der Waals surface area contributed by atoms with Gasteiger partial charge in [0.2, 0.25) is 0 Å². The highest BCUT2D eigenvalue weighted by atomic mass is 32.3. The molecule has 0 N–H and O–H groups in total. The summed E-state index contributed by atoms with van der Waals surface area (Å²) in [7, 11) is -8.42. The fraction of sp³-hybridized carbons (Fsp3) is 0.474. The van der Waals surface area contributed by atoms with Crippen LogP contribution in [0.1, 0.15) is 32.6 Å². The Morgan fingerprint density at radius 2 is 1.75 bits per heavy atom. The first-order valence-corrected chi connectivity index (χ1v) is 12.5. The van der Waals surface area contributed by atoms with Gasteiger partial charge in [0, 0.05) is 11.5 Å². The number of fused-ring (bicyclic) bond motifs is 1. The van der Waals surface area contributed by atoms with E-state index in [9.17, 15) is 21.6 Å². The highest BCUT2D eigenvalue weighted by molar-refractivity contribution is 8.33. The highest BCUT2D eigenvalue weighted by Crippen LogP contribution is 2.67. The lowest BCUT2D eigenvalue weighted by Crippen LogP contribution is -2.28. The lowest BCUT2D eigenvalue weighted by atomic mass is 10.1. The molecule has 3 rings (SSSR count).